The fourth-order valence-corrected chi connectivity index (χ4v) is 1.17. The van der Waals surface area contributed by atoms with Gasteiger partial charge in [0.1, 0.15) is 25.6 Å². The summed E-state index contributed by atoms with van der Waals surface area (Å²) in [6.45, 7) is 1.86. The van der Waals surface area contributed by atoms with E-state index < -0.39 is 7.32 Å². The quantitative estimate of drug-likeness (QED) is 0.299. The third kappa shape index (κ3) is 2.06. The first-order valence-corrected chi connectivity index (χ1v) is 4.76. The van der Waals surface area contributed by atoms with Gasteiger partial charge in [0.15, 0.2) is 0 Å². The van der Waals surface area contributed by atoms with Crippen molar-refractivity contribution in [3.05, 3.63) is 24.3 Å². The van der Waals surface area contributed by atoms with Crippen molar-refractivity contribution < 1.29 is 18.5 Å². The molecule has 0 saturated carbocycles. The van der Waals surface area contributed by atoms with Gasteiger partial charge >= 0.3 is 13.2 Å². The third-order valence-electron chi connectivity index (χ3n) is 2.19. The number of hydrogen-bond acceptors (Lipinski definition) is 3. The van der Waals surface area contributed by atoms with E-state index in [-0.39, 0.29) is 0 Å². The minimum absolute atomic E-state index is 0.676. The van der Waals surface area contributed by atoms with Gasteiger partial charge in [-0.1, -0.05) is 12.1 Å². The van der Waals surface area contributed by atoms with Crippen molar-refractivity contribution in [2.24, 2.45) is 0 Å². The Bertz CT molecular complexity index is 376. The van der Waals surface area contributed by atoms with Crippen molar-refractivity contribution in [3.63, 3.8) is 0 Å². The van der Waals surface area contributed by atoms with Gasteiger partial charge in [-0.15, -0.1) is 0 Å². The fourth-order valence-electron chi connectivity index (χ4n) is 1.17. The molecule has 0 bridgehead atoms. The second-order valence-corrected chi connectivity index (χ2v) is 3.50. The van der Waals surface area contributed by atoms with Crippen LogP contribution in [0.3, 0.4) is 0 Å². The first-order valence-electron chi connectivity index (χ1n) is 4.76. The number of nitrogens with zero attached hydrogens (tertiary/aromatic N) is 1. The summed E-state index contributed by atoms with van der Waals surface area (Å²) in [5, 5.41) is 0. The molecule has 1 aromatic rings. The first-order chi connectivity index (χ1) is 7.16. The van der Waals surface area contributed by atoms with Crippen molar-refractivity contribution >= 4 is 13.2 Å². The highest BCUT2D eigenvalue weighted by Gasteiger charge is 2.39. The SMILES string of the molecule is CC(OB1Oc2ccccc2O1)=[N+](C)C. The summed E-state index contributed by atoms with van der Waals surface area (Å²) in [5.74, 6) is 2.18. The van der Waals surface area contributed by atoms with Crippen LogP contribution in [0.5, 0.6) is 11.5 Å². The number of hydrogen-bond donors (Lipinski definition) is 0. The zero-order valence-corrected chi connectivity index (χ0v) is 9.06. The highest BCUT2D eigenvalue weighted by molar-refractivity contribution is 6.42. The molecule has 1 aromatic carbocycles. The summed E-state index contributed by atoms with van der Waals surface area (Å²) < 4.78 is 18.2. The van der Waals surface area contributed by atoms with Gasteiger partial charge in [-0.3, -0.25) is 0 Å². The van der Waals surface area contributed by atoms with Gasteiger partial charge in [0.2, 0.25) is 0 Å². The minimum Gasteiger partial charge on any atom is -0.486 e. The summed E-state index contributed by atoms with van der Waals surface area (Å²) in [6, 6.07) is 7.49. The summed E-state index contributed by atoms with van der Waals surface area (Å²) in [7, 11) is 3.12. The third-order valence-corrected chi connectivity index (χ3v) is 2.19. The van der Waals surface area contributed by atoms with Crippen LogP contribution in [-0.4, -0.2) is 31.9 Å². The van der Waals surface area contributed by atoms with E-state index in [1.54, 1.807) is 0 Å². The predicted molar refractivity (Wildman–Crippen MR) is 57.3 cm³/mol. The maximum Gasteiger partial charge on any atom is 0.868 e. The Hall–Kier alpha value is -1.65. The van der Waals surface area contributed by atoms with Crippen LogP contribution in [0.2, 0.25) is 0 Å². The maximum absolute atomic E-state index is 5.45. The Morgan fingerprint density at radius 1 is 1.20 bits per heavy atom. The molecule has 4 nitrogen and oxygen atoms in total. The molecule has 0 aromatic heterocycles. The van der Waals surface area contributed by atoms with E-state index in [1.807, 2.05) is 49.9 Å². The molecule has 1 aliphatic heterocycles. The first kappa shape index (κ1) is 9.89. The smallest absolute Gasteiger partial charge is 0.486 e. The number of rotatable bonds is 1. The van der Waals surface area contributed by atoms with Crippen LogP contribution in [0.4, 0.5) is 0 Å². The average Bonchev–Trinajstić information content (AvgIpc) is 2.59. The lowest BCUT2D eigenvalue weighted by Crippen LogP contribution is -2.33. The van der Waals surface area contributed by atoms with E-state index in [0.717, 1.165) is 5.90 Å². The Morgan fingerprint density at radius 2 is 1.73 bits per heavy atom. The molecule has 1 heterocycles. The maximum atomic E-state index is 5.45. The molecule has 0 saturated heterocycles. The van der Waals surface area contributed by atoms with Gasteiger partial charge < -0.3 is 14.0 Å². The Balaban J connectivity index is 2.05. The van der Waals surface area contributed by atoms with Crippen LogP contribution >= 0.6 is 0 Å². The normalized spacial score (nSPS) is 12.6. The molecule has 0 N–H and O–H groups in total. The molecule has 15 heavy (non-hydrogen) atoms. The van der Waals surface area contributed by atoms with Gasteiger partial charge in [0, 0.05) is 0 Å². The van der Waals surface area contributed by atoms with Crippen molar-refractivity contribution in [2.75, 3.05) is 14.1 Å². The summed E-state index contributed by atoms with van der Waals surface area (Å²) in [4.78, 5) is 0. The van der Waals surface area contributed by atoms with E-state index in [4.69, 9.17) is 14.0 Å². The van der Waals surface area contributed by atoms with Crippen LogP contribution in [0.25, 0.3) is 0 Å². The minimum atomic E-state index is -0.676. The zero-order valence-electron chi connectivity index (χ0n) is 9.06. The zero-order chi connectivity index (χ0) is 10.8. The van der Waals surface area contributed by atoms with Crippen LogP contribution in [0.15, 0.2) is 24.3 Å². The van der Waals surface area contributed by atoms with E-state index in [0.29, 0.717) is 11.5 Å². The Labute approximate surface area is 89.3 Å². The largest absolute Gasteiger partial charge is 0.868 e. The van der Waals surface area contributed by atoms with Crippen LogP contribution in [-0.2, 0) is 4.65 Å². The van der Waals surface area contributed by atoms with E-state index in [1.165, 1.54) is 0 Å². The lowest BCUT2D eigenvalue weighted by atomic mass is 10.2. The average molecular weight is 206 g/mol. The monoisotopic (exact) mass is 206 g/mol. The lowest BCUT2D eigenvalue weighted by Gasteiger charge is -2.03. The predicted octanol–water partition coefficient (Wildman–Crippen LogP) is 1.15. The molecule has 0 unspecified atom stereocenters. The Morgan fingerprint density at radius 3 is 2.20 bits per heavy atom. The van der Waals surface area contributed by atoms with Crippen molar-refractivity contribution in [1.82, 2.24) is 0 Å². The molecule has 2 rings (SSSR count). The molecule has 0 fully saturated rings. The molecule has 0 atom stereocenters. The second kappa shape index (κ2) is 3.84. The van der Waals surface area contributed by atoms with Gasteiger partial charge in [-0.05, 0) is 12.1 Å². The topological polar surface area (TPSA) is 30.7 Å². The number of fused-ring (bicyclic) bond motifs is 1. The molecular formula is C10H13BNO3+. The molecule has 0 amide bonds. The molecule has 0 aliphatic carbocycles. The van der Waals surface area contributed by atoms with E-state index >= 15 is 0 Å². The Kier molecular flexibility index (Phi) is 2.54. The second-order valence-electron chi connectivity index (χ2n) is 3.50. The summed E-state index contributed by atoms with van der Waals surface area (Å²) in [6.07, 6.45) is 0. The molecule has 0 radical (unpaired) electrons. The highest BCUT2D eigenvalue weighted by atomic mass is 16.8. The molecular weight excluding hydrogens is 193 g/mol. The van der Waals surface area contributed by atoms with Crippen LogP contribution in [0, 0.1) is 0 Å². The van der Waals surface area contributed by atoms with Gasteiger partial charge in [0.25, 0.3) is 0 Å². The van der Waals surface area contributed by atoms with E-state index in [9.17, 15) is 0 Å². The molecule has 78 valence electrons. The fraction of sp³-hybridized carbons (Fsp3) is 0.300. The van der Waals surface area contributed by atoms with Crippen molar-refractivity contribution in [2.45, 2.75) is 6.92 Å². The standard InChI is InChI=1S/C10H13BNO3/c1-8(12(2)3)13-11-14-9-6-4-5-7-10(9)15-11/h4-7H,1-3H3/q+1. The van der Waals surface area contributed by atoms with Crippen LogP contribution < -0.4 is 9.31 Å². The van der Waals surface area contributed by atoms with Gasteiger partial charge in [-0.2, -0.15) is 0 Å². The number of benzene rings is 1. The molecule has 5 heteroatoms. The lowest BCUT2D eigenvalue weighted by molar-refractivity contribution is -0.473. The number of para-hydroxylation sites is 2. The van der Waals surface area contributed by atoms with Gasteiger partial charge in [-0.25, -0.2) is 4.58 Å². The van der Waals surface area contributed by atoms with Gasteiger partial charge in [0.05, 0.1) is 6.92 Å². The van der Waals surface area contributed by atoms with Crippen molar-refractivity contribution in [3.8, 4) is 11.5 Å². The molecule has 0 spiro atoms. The van der Waals surface area contributed by atoms with Crippen LogP contribution in [0.1, 0.15) is 6.92 Å². The summed E-state index contributed by atoms with van der Waals surface area (Å²) >= 11 is 0. The van der Waals surface area contributed by atoms with E-state index in [2.05, 4.69) is 0 Å². The molecule has 1 aliphatic rings. The summed E-state index contributed by atoms with van der Waals surface area (Å²) in [5.41, 5.74) is 0. The van der Waals surface area contributed by atoms with Crippen molar-refractivity contribution in [1.29, 1.82) is 0 Å². The highest BCUT2D eigenvalue weighted by Crippen LogP contribution is 2.32.